The van der Waals surface area contributed by atoms with Crippen LogP contribution in [0.3, 0.4) is 0 Å². The summed E-state index contributed by atoms with van der Waals surface area (Å²) in [6.45, 7) is 0.0351. The van der Waals surface area contributed by atoms with Gasteiger partial charge in [0.15, 0.2) is 5.76 Å². The van der Waals surface area contributed by atoms with Crippen LogP contribution in [-0.4, -0.2) is 21.3 Å². The molecule has 124 valence electrons. The molecule has 4 rings (SSSR count). The number of H-pyrrole nitrogens is 1. The smallest absolute Gasteiger partial charge is 0.356 e. The van der Waals surface area contributed by atoms with E-state index in [1.807, 2.05) is 47.8 Å². The number of thiophene rings is 1. The lowest BCUT2D eigenvalue weighted by Gasteiger charge is -1.98. The molecule has 0 aliphatic rings. The molecule has 0 spiro atoms. The van der Waals surface area contributed by atoms with Gasteiger partial charge in [-0.3, -0.25) is 5.10 Å². The minimum absolute atomic E-state index is 0.0351. The lowest BCUT2D eigenvalue weighted by Crippen LogP contribution is -2.05. The molecule has 7 heteroatoms. The van der Waals surface area contributed by atoms with Crippen LogP contribution in [0, 0.1) is 0 Å². The third-order valence-corrected chi connectivity index (χ3v) is 4.43. The molecule has 3 heterocycles. The molecular weight excluding hydrogens is 338 g/mol. The second-order valence-electron chi connectivity index (χ2n) is 5.27. The summed E-state index contributed by atoms with van der Waals surface area (Å²) in [7, 11) is 0. The van der Waals surface area contributed by atoms with E-state index >= 15 is 0 Å². The molecule has 0 bridgehead atoms. The van der Waals surface area contributed by atoms with Crippen LogP contribution in [0.5, 0.6) is 0 Å². The first kappa shape index (κ1) is 15.3. The molecule has 0 aliphatic heterocycles. The average molecular weight is 351 g/mol. The predicted molar refractivity (Wildman–Crippen MR) is 93.0 cm³/mol. The summed E-state index contributed by atoms with van der Waals surface area (Å²) in [5, 5.41) is 12.7. The Morgan fingerprint density at radius 1 is 1.16 bits per heavy atom. The first-order chi connectivity index (χ1) is 12.3. The van der Waals surface area contributed by atoms with Gasteiger partial charge in [0.1, 0.15) is 18.0 Å². The monoisotopic (exact) mass is 351 g/mol. The molecule has 25 heavy (non-hydrogen) atoms. The van der Waals surface area contributed by atoms with Crippen molar-refractivity contribution in [2.24, 2.45) is 0 Å². The zero-order valence-electron chi connectivity index (χ0n) is 13.0. The van der Waals surface area contributed by atoms with E-state index in [0.29, 0.717) is 22.8 Å². The zero-order valence-corrected chi connectivity index (χ0v) is 13.8. The Balaban J connectivity index is 1.40. The number of ether oxygens (including phenoxy) is 1. The van der Waals surface area contributed by atoms with Gasteiger partial charge in [-0.25, -0.2) is 4.79 Å². The van der Waals surface area contributed by atoms with Gasteiger partial charge in [0.05, 0.1) is 10.6 Å². The highest BCUT2D eigenvalue weighted by atomic mass is 32.1. The summed E-state index contributed by atoms with van der Waals surface area (Å²) in [6, 6.07) is 16.9. The standard InChI is InChI=1S/C18H13N3O3S/c22-18(15-10-14(19-20-15)12-5-2-1-3-6-12)23-11-13-9-16(24-21-13)17-7-4-8-25-17/h1-10H,11H2,(H,19,20). The van der Waals surface area contributed by atoms with Crippen molar-refractivity contribution >= 4 is 17.3 Å². The molecular formula is C18H13N3O3S. The average Bonchev–Trinajstić information content (AvgIpc) is 3.41. The predicted octanol–water partition coefficient (Wildman–Crippen LogP) is 4.15. The minimum Gasteiger partial charge on any atom is -0.454 e. The molecule has 0 radical (unpaired) electrons. The molecule has 0 saturated carbocycles. The van der Waals surface area contributed by atoms with E-state index in [2.05, 4.69) is 15.4 Å². The maximum Gasteiger partial charge on any atom is 0.356 e. The van der Waals surface area contributed by atoms with Crippen LogP contribution < -0.4 is 0 Å². The van der Waals surface area contributed by atoms with Crippen molar-refractivity contribution in [1.82, 2.24) is 15.4 Å². The number of carbonyl (C=O) groups is 1. The van der Waals surface area contributed by atoms with Crippen molar-refractivity contribution < 1.29 is 14.1 Å². The lowest BCUT2D eigenvalue weighted by molar-refractivity contribution is 0.0457. The molecule has 0 unspecified atom stereocenters. The fourth-order valence-electron chi connectivity index (χ4n) is 2.32. The number of nitrogens with one attached hydrogen (secondary N) is 1. The topological polar surface area (TPSA) is 81.0 Å². The summed E-state index contributed by atoms with van der Waals surface area (Å²) >= 11 is 1.56. The summed E-state index contributed by atoms with van der Waals surface area (Å²) < 4.78 is 10.5. The summed E-state index contributed by atoms with van der Waals surface area (Å²) in [6.07, 6.45) is 0. The van der Waals surface area contributed by atoms with Gasteiger partial charge in [0.25, 0.3) is 0 Å². The van der Waals surface area contributed by atoms with E-state index in [1.165, 1.54) is 0 Å². The van der Waals surface area contributed by atoms with Crippen molar-refractivity contribution in [2.45, 2.75) is 6.61 Å². The zero-order chi connectivity index (χ0) is 17.1. The van der Waals surface area contributed by atoms with Gasteiger partial charge in [-0.05, 0) is 17.5 Å². The first-order valence-corrected chi connectivity index (χ1v) is 8.45. The van der Waals surface area contributed by atoms with Gasteiger partial charge < -0.3 is 9.26 Å². The molecule has 4 aromatic rings. The Morgan fingerprint density at radius 3 is 2.84 bits per heavy atom. The summed E-state index contributed by atoms with van der Waals surface area (Å²) in [4.78, 5) is 13.1. The van der Waals surface area contributed by atoms with E-state index in [1.54, 1.807) is 23.5 Å². The van der Waals surface area contributed by atoms with Crippen LogP contribution in [0.1, 0.15) is 16.2 Å². The van der Waals surface area contributed by atoms with E-state index in [0.717, 1.165) is 10.4 Å². The molecule has 0 aliphatic carbocycles. The number of benzene rings is 1. The number of rotatable bonds is 5. The van der Waals surface area contributed by atoms with Gasteiger partial charge in [0, 0.05) is 11.6 Å². The highest BCUT2D eigenvalue weighted by Crippen LogP contribution is 2.25. The fraction of sp³-hybridized carbons (Fsp3) is 0.0556. The Bertz CT molecular complexity index is 974. The number of carbonyl (C=O) groups excluding carboxylic acids is 1. The second-order valence-corrected chi connectivity index (χ2v) is 6.22. The molecule has 0 amide bonds. The van der Waals surface area contributed by atoms with Crippen molar-refractivity contribution in [3.63, 3.8) is 0 Å². The number of aromatic nitrogens is 3. The maximum atomic E-state index is 12.1. The van der Waals surface area contributed by atoms with Gasteiger partial charge in [-0.1, -0.05) is 41.6 Å². The SMILES string of the molecule is O=C(OCc1cc(-c2cccs2)on1)c1cc(-c2ccccc2)n[nH]1. The molecule has 0 atom stereocenters. The molecule has 0 saturated heterocycles. The van der Waals surface area contributed by atoms with Crippen molar-refractivity contribution in [3.05, 3.63) is 71.4 Å². The highest BCUT2D eigenvalue weighted by molar-refractivity contribution is 7.13. The Labute approximate surface area is 147 Å². The summed E-state index contributed by atoms with van der Waals surface area (Å²) in [5.41, 5.74) is 2.46. The minimum atomic E-state index is -0.490. The van der Waals surface area contributed by atoms with E-state index in [9.17, 15) is 4.79 Å². The first-order valence-electron chi connectivity index (χ1n) is 7.57. The quantitative estimate of drug-likeness (QED) is 0.546. The van der Waals surface area contributed by atoms with Crippen LogP contribution in [0.4, 0.5) is 0 Å². The van der Waals surface area contributed by atoms with Crippen LogP contribution >= 0.6 is 11.3 Å². The molecule has 1 N–H and O–H groups in total. The molecule has 6 nitrogen and oxygen atoms in total. The summed E-state index contributed by atoms with van der Waals surface area (Å²) in [5.74, 6) is 0.171. The van der Waals surface area contributed by atoms with Crippen molar-refractivity contribution in [3.8, 4) is 21.9 Å². The van der Waals surface area contributed by atoms with Crippen LogP contribution in [0.25, 0.3) is 21.9 Å². The van der Waals surface area contributed by atoms with Crippen molar-refractivity contribution in [1.29, 1.82) is 0 Å². The van der Waals surface area contributed by atoms with E-state index in [-0.39, 0.29) is 6.61 Å². The van der Waals surface area contributed by atoms with Crippen LogP contribution in [-0.2, 0) is 11.3 Å². The van der Waals surface area contributed by atoms with Crippen molar-refractivity contribution in [2.75, 3.05) is 0 Å². The Kier molecular flexibility index (Phi) is 4.14. The third-order valence-electron chi connectivity index (χ3n) is 3.54. The second kappa shape index (κ2) is 6.74. The number of esters is 1. The van der Waals surface area contributed by atoms with Crippen LogP contribution in [0.15, 0.2) is 64.5 Å². The maximum absolute atomic E-state index is 12.1. The number of hydrogen-bond donors (Lipinski definition) is 1. The Hall–Kier alpha value is -3.19. The molecule has 3 aromatic heterocycles. The third kappa shape index (κ3) is 3.36. The van der Waals surface area contributed by atoms with Crippen LogP contribution in [0.2, 0.25) is 0 Å². The Morgan fingerprint density at radius 2 is 2.04 bits per heavy atom. The number of nitrogens with zero attached hydrogens (tertiary/aromatic N) is 2. The van der Waals surface area contributed by atoms with Gasteiger partial charge in [0.2, 0.25) is 0 Å². The largest absolute Gasteiger partial charge is 0.454 e. The van der Waals surface area contributed by atoms with E-state index < -0.39 is 5.97 Å². The van der Waals surface area contributed by atoms with E-state index in [4.69, 9.17) is 9.26 Å². The number of aromatic amines is 1. The highest BCUT2D eigenvalue weighted by Gasteiger charge is 2.14. The van der Waals surface area contributed by atoms with Gasteiger partial charge in [-0.2, -0.15) is 5.10 Å². The lowest BCUT2D eigenvalue weighted by atomic mass is 10.1. The molecule has 0 fully saturated rings. The molecule has 1 aromatic carbocycles. The normalized spacial score (nSPS) is 10.7. The number of hydrogen-bond acceptors (Lipinski definition) is 6. The van der Waals surface area contributed by atoms with Gasteiger partial charge in [-0.15, -0.1) is 11.3 Å². The fourth-order valence-corrected chi connectivity index (χ4v) is 2.99. The van der Waals surface area contributed by atoms with Gasteiger partial charge >= 0.3 is 5.97 Å².